The normalized spacial score (nSPS) is 15.5. The van der Waals surface area contributed by atoms with E-state index in [4.69, 9.17) is 9.47 Å². The van der Waals surface area contributed by atoms with Crippen LogP contribution in [-0.2, 0) is 0 Å². The van der Waals surface area contributed by atoms with Crippen LogP contribution in [0.1, 0.15) is 5.82 Å². The van der Waals surface area contributed by atoms with E-state index in [1.165, 1.54) is 5.69 Å². The van der Waals surface area contributed by atoms with Gasteiger partial charge in [0.2, 0.25) is 6.79 Å². The molecule has 0 spiro atoms. The first-order chi connectivity index (χ1) is 14.2. The summed E-state index contributed by atoms with van der Waals surface area (Å²) in [6.45, 7) is 5.98. The molecule has 0 atom stereocenters. The van der Waals surface area contributed by atoms with E-state index < -0.39 is 0 Å². The smallest absolute Gasteiger partial charge is 0.231 e. The highest BCUT2D eigenvalue weighted by Crippen LogP contribution is 2.35. The van der Waals surface area contributed by atoms with Gasteiger partial charge in [-0.3, -0.25) is 0 Å². The summed E-state index contributed by atoms with van der Waals surface area (Å²) in [5, 5.41) is 3.36. The van der Waals surface area contributed by atoms with Gasteiger partial charge in [-0.15, -0.1) is 0 Å². The molecule has 29 heavy (non-hydrogen) atoms. The third kappa shape index (κ3) is 3.76. The van der Waals surface area contributed by atoms with Crippen LogP contribution in [0.3, 0.4) is 0 Å². The molecular formula is C22H23N5O2. The van der Waals surface area contributed by atoms with Crippen LogP contribution in [0.4, 0.5) is 23.0 Å². The van der Waals surface area contributed by atoms with E-state index in [-0.39, 0.29) is 6.79 Å². The second-order valence-corrected chi connectivity index (χ2v) is 7.16. The second kappa shape index (κ2) is 7.50. The van der Waals surface area contributed by atoms with Crippen molar-refractivity contribution in [1.29, 1.82) is 0 Å². The van der Waals surface area contributed by atoms with E-state index in [0.29, 0.717) is 0 Å². The highest BCUT2D eigenvalue weighted by molar-refractivity contribution is 5.64. The van der Waals surface area contributed by atoms with Crippen LogP contribution >= 0.6 is 0 Å². The van der Waals surface area contributed by atoms with Gasteiger partial charge in [-0.2, -0.15) is 0 Å². The average Bonchev–Trinajstić information content (AvgIpc) is 3.22. The summed E-state index contributed by atoms with van der Waals surface area (Å²) in [5.74, 6) is 3.99. The van der Waals surface area contributed by atoms with Crippen molar-refractivity contribution in [2.24, 2.45) is 0 Å². The topological polar surface area (TPSA) is 62.8 Å². The maximum absolute atomic E-state index is 5.46. The molecule has 0 saturated carbocycles. The molecule has 0 aliphatic carbocycles. The first-order valence-corrected chi connectivity index (χ1v) is 9.82. The number of hydrogen-bond acceptors (Lipinski definition) is 7. The number of nitrogens with one attached hydrogen (secondary N) is 1. The number of nitrogens with zero attached hydrogens (tertiary/aromatic N) is 4. The molecule has 2 aliphatic heterocycles. The van der Waals surface area contributed by atoms with Crippen molar-refractivity contribution in [2.45, 2.75) is 6.92 Å². The number of benzene rings is 2. The number of ether oxygens (including phenoxy) is 2. The third-order valence-corrected chi connectivity index (χ3v) is 5.19. The molecule has 1 fully saturated rings. The average molecular weight is 389 g/mol. The summed E-state index contributed by atoms with van der Waals surface area (Å²) in [6.07, 6.45) is 0. The molecule has 0 radical (unpaired) electrons. The van der Waals surface area contributed by atoms with Crippen molar-refractivity contribution in [1.82, 2.24) is 9.97 Å². The highest BCUT2D eigenvalue weighted by Gasteiger charge is 2.19. The fourth-order valence-corrected chi connectivity index (χ4v) is 3.73. The maximum Gasteiger partial charge on any atom is 0.231 e. The predicted molar refractivity (Wildman–Crippen MR) is 113 cm³/mol. The number of aromatic nitrogens is 2. The van der Waals surface area contributed by atoms with Crippen LogP contribution in [0, 0.1) is 6.92 Å². The summed E-state index contributed by atoms with van der Waals surface area (Å²) in [6, 6.07) is 18.4. The maximum atomic E-state index is 5.46. The highest BCUT2D eigenvalue weighted by atomic mass is 16.7. The number of para-hydroxylation sites is 1. The molecule has 7 heteroatoms. The lowest BCUT2D eigenvalue weighted by Gasteiger charge is -2.36. The Hall–Kier alpha value is -3.48. The summed E-state index contributed by atoms with van der Waals surface area (Å²) >= 11 is 0. The molecule has 0 amide bonds. The summed E-state index contributed by atoms with van der Waals surface area (Å²) < 4.78 is 10.8. The predicted octanol–water partition coefficient (Wildman–Crippen LogP) is 3.58. The van der Waals surface area contributed by atoms with E-state index >= 15 is 0 Å². The van der Waals surface area contributed by atoms with Crippen LogP contribution < -0.4 is 24.6 Å². The Kier molecular flexibility index (Phi) is 4.56. The molecule has 7 nitrogen and oxygen atoms in total. The van der Waals surface area contributed by atoms with Crippen LogP contribution in [0.5, 0.6) is 11.5 Å². The van der Waals surface area contributed by atoms with Crippen LogP contribution in [-0.4, -0.2) is 42.9 Å². The van der Waals surface area contributed by atoms with E-state index in [1.807, 2.05) is 31.2 Å². The Bertz CT molecular complexity index is 1000. The molecule has 0 bridgehead atoms. The minimum atomic E-state index is 0.268. The summed E-state index contributed by atoms with van der Waals surface area (Å²) in [5.41, 5.74) is 2.18. The lowest BCUT2D eigenvalue weighted by Crippen LogP contribution is -2.46. The standard InChI is InChI=1S/C22H23N5O2/c1-16-23-21(25-17-7-8-19-20(13-17)29-15-28-19)14-22(24-16)27-11-9-26(10-12-27)18-5-3-2-4-6-18/h2-8,13-14H,9-12,15H2,1H3,(H,23,24,25). The number of aryl methyl sites for hydroxylation is 1. The molecule has 148 valence electrons. The van der Waals surface area contributed by atoms with Gasteiger partial charge in [-0.05, 0) is 31.2 Å². The minimum absolute atomic E-state index is 0.268. The third-order valence-electron chi connectivity index (χ3n) is 5.19. The van der Waals surface area contributed by atoms with Crippen molar-refractivity contribution in [3.8, 4) is 11.5 Å². The number of anilines is 4. The Balaban J connectivity index is 1.30. The molecule has 3 aromatic rings. The SMILES string of the molecule is Cc1nc(Nc2ccc3c(c2)OCO3)cc(N2CCN(c3ccccc3)CC2)n1. The van der Waals surface area contributed by atoms with Gasteiger partial charge in [0.1, 0.15) is 17.5 Å². The van der Waals surface area contributed by atoms with Gasteiger partial charge >= 0.3 is 0 Å². The largest absolute Gasteiger partial charge is 0.454 e. The summed E-state index contributed by atoms with van der Waals surface area (Å²) in [4.78, 5) is 13.9. The molecule has 3 heterocycles. The Labute approximate surface area is 169 Å². The van der Waals surface area contributed by atoms with Crippen LogP contribution in [0.15, 0.2) is 54.6 Å². The zero-order chi connectivity index (χ0) is 19.6. The molecule has 1 aromatic heterocycles. The first kappa shape index (κ1) is 17.6. The number of hydrogen-bond donors (Lipinski definition) is 1. The zero-order valence-electron chi connectivity index (χ0n) is 16.3. The number of fused-ring (bicyclic) bond motifs is 1. The van der Waals surface area contributed by atoms with Gasteiger partial charge in [0, 0.05) is 49.7 Å². The quantitative estimate of drug-likeness (QED) is 0.732. The van der Waals surface area contributed by atoms with Crippen LogP contribution in [0.2, 0.25) is 0 Å². The first-order valence-electron chi connectivity index (χ1n) is 9.82. The van der Waals surface area contributed by atoms with Gasteiger partial charge < -0.3 is 24.6 Å². The molecular weight excluding hydrogens is 366 g/mol. The second-order valence-electron chi connectivity index (χ2n) is 7.16. The van der Waals surface area contributed by atoms with Gasteiger partial charge in [0.15, 0.2) is 11.5 Å². The molecule has 2 aliphatic rings. The van der Waals surface area contributed by atoms with E-state index in [2.05, 4.69) is 55.4 Å². The van der Waals surface area contributed by atoms with Gasteiger partial charge in [-0.25, -0.2) is 9.97 Å². The van der Waals surface area contributed by atoms with Crippen molar-refractivity contribution < 1.29 is 9.47 Å². The molecule has 1 N–H and O–H groups in total. The molecule has 2 aromatic carbocycles. The Morgan fingerprint density at radius 3 is 2.41 bits per heavy atom. The zero-order valence-corrected chi connectivity index (χ0v) is 16.3. The van der Waals surface area contributed by atoms with Crippen molar-refractivity contribution in [2.75, 3.05) is 48.1 Å². The van der Waals surface area contributed by atoms with Crippen molar-refractivity contribution in [3.05, 3.63) is 60.4 Å². The minimum Gasteiger partial charge on any atom is -0.454 e. The van der Waals surface area contributed by atoms with E-state index in [1.54, 1.807) is 0 Å². The summed E-state index contributed by atoms with van der Waals surface area (Å²) in [7, 11) is 0. The van der Waals surface area contributed by atoms with Crippen LogP contribution in [0.25, 0.3) is 0 Å². The van der Waals surface area contributed by atoms with Gasteiger partial charge in [-0.1, -0.05) is 18.2 Å². The number of rotatable bonds is 4. The van der Waals surface area contributed by atoms with Gasteiger partial charge in [0.25, 0.3) is 0 Å². The Morgan fingerprint density at radius 2 is 1.59 bits per heavy atom. The fraction of sp³-hybridized carbons (Fsp3) is 0.273. The van der Waals surface area contributed by atoms with Crippen molar-refractivity contribution >= 4 is 23.0 Å². The lowest BCUT2D eigenvalue weighted by atomic mass is 10.2. The molecule has 0 unspecified atom stereocenters. The molecule has 5 rings (SSSR count). The fourth-order valence-electron chi connectivity index (χ4n) is 3.73. The lowest BCUT2D eigenvalue weighted by molar-refractivity contribution is 0.174. The molecule has 1 saturated heterocycles. The van der Waals surface area contributed by atoms with E-state index in [9.17, 15) is 0 Å². The monoisotopic (exact) mass is 389 g/mol. The van der Waals surface area contributed by atoms with Gasteiger partial charge in [0.05, 0.1) is 0 Å². The van der Waals surface area contributed by atoms with Crippen molar-refractivity contribution in [3.63, 3.8) is 0 Å². The van der Waals surface area contributed by atoms with E-state index in [0.717, 1.165) is 60.8 Å². The Morgan fingerprint density at radius 1 is 0.828 bits per heavy atom. The number of piperazine rings is 1.